The molecular weight excluding hydrogens is 323 g/mol. The van der Waals surface area contributed by atoms with Crippen molar-refractivity contribution in [2.75, 3.05) is 0 Å². The maximum Gasteiger partial charge on any atom is 0.190 e. The van der Waals surface area contributed by atoms with E-state index in [9.17, 15) is 4.79 Å². The predicted molar refractivity (Wildman–Crippen MR) is 109 cm³/mol. The van der Waals surface area contributed by atoms with Crippen molar-refractivity contribution in [2.24, 2.45) is 0 Å². The average Bonchev–Trinajstić information content (AvgIpc) is 2.55. The minimum absolute atomic E-state index is 0.147. The Morgan fingerprint density at radius 2 is 1.64 bits per heavy atom. The van der Waals surface area contributed by atoms with Crippen LogP contribution in [0.3, 0.4) is 0 Å². The number of aryl methyl sites for hydroxylation is 3. The fourth-order valence-corrected chi connectivity index (χ4v) is 6.59. The molecule has 0 radical (unpaired) electrons. The summed E-state index contributed by atoms with van der Waals surface area (Å²) in [6, 6.07) is 14.6. The molecule has 3 rings (SSSR count). The van der Waals surface area contributed by atoms with Crippen molar-refractivity contribution in [2.45, 2.75) is 39.3 Å². The number of carbonyl (C=O) groups excluding carboxylic acids is 1. The molecule has 1 nitrogen and oxygen atoms in total. The standard InChI is InChI=1S/C23H25OP/c1-17-15-18(2)21(19(3)16-17)22(24)25(20-11-7-5-8-12-20)23(4)13-9-6-10-14-23/h5-13,15-16H,14H2,1-4H3. The highest BCUT2D eigenvalue weighted by Crippen LogP contribution is 2.55. The maximum atomic E-state index is 13.8. The molecule has 2 aromatic rings. The first-order valence-corrected chi connectivity index (χ1v) is 10.1. The molecule has 0 aromatic heterocycles. The first-order valence-electron chi connectivity index (χ1n) is 8.74. The second-order valence-corrected chi connectivity index (χ2v) is 9.71. The monoisotopic (exact) mass is 348 g/mol. The third-order valence-corrected chi connectivity index (χ3v) is 7.65. The zero-order valence-electron chi connectivity index (χ0n) is 15.4. The van der Waals surface area contributed by atoms with Gasteiger partial charge in [-0.2, -0.15) is 0 Å². The van der Waals surface area contributed by atoms with Gasteiger partial charge in [0.25, 0.3) is 0 Å². The van der Waals surface area contributed by atoms with Gasteiger partial charge in [0, 0.05) is 18.6 Å². The molecule has 0 saturated heterocycles. The van der Waals surface area contributed by atoms with Gasteiger partial charge >= 0.3 is 0 Å². The summed E-state index contributed by atoms with van der Waals surface area (Å²) in [6.45, 7) is 8.43. The lowest BCUT2D eigenvalue weighted by molar-refractivity contribution is 0.108. The van der Waals surface area contributed by atoms with Crippen molar-refractivity contribution in [3.63, 3.8) is 0 Å². The second-order valence-electron chi connectivity index (χ2n) is 7.10. The van der Waals surface area contributed by atoms with E-state index in [1.165, 1.54) is 5.56 Å². The van der Waals surface area contributed by atoms with Gasteiger partial charge in [-0.25, -0.2) is 0 Å². The summed E-state index contributed by atoms with van der Waals surface area (Å²) in [6.07, 6.45) is 9.47. The largest absolute Gasteiger partial charge is 0.289 e. The zero-order valence-corrected chi connectivity index (χ0v) is 16.3. The number of hydrogen-bond acceptors (Lipinski definition) is 1. The van der Waals surface area contributed by atoms with E-state index < -0.39 is 7.92 Å². The van der Waals surface area contributed by atoms with E-state index >= 15 is 0 Å². The van der Waals surface area contributed by atoms with Gasteiger partial charge in [0.05, 0.1) is 0 Å². The van der Waals surface area contributed by atoms with Crippen molar-refractivity contribution in [1.29, 1.82) is 0 Å². The van der Waals surface area contributed by atoms with Gasteiger partial charge in [-0.15, -0.1) is 0 Å². The Labute approximate surface area is 152 Å². The Morgan fingerprint density at radius 3 is 2.20 bits per heavy atom. The number of benzene rings is 2. The molecule has 128 valence electrons. The summed E-state index contributed by atoms with van der Waals surface area (Å²) in [7, 11) is -1.01. The summed E-state index contributed by atoms with van der Waals surface area (Å²) >= 11 is 0. The summed E-state index contributed by atoms with van der Waals surface area (Å²) < 4.78 is 0. The fourth-order valence-electron chi connectivity index (χ4n) is 3.73. The molecule has 2 heteroatoms. The Morgan fingerprint density at radius 1 is 1.00 bits per heavy atom. The molecule has 0 aliphatic heterocycles. The van der Waals surface area contributed by atoms with Gasteiger partial charge < -0.3 is 0 Å². The lowest BCUT2D eigenvalue weighted by Gasteiger charge is -2.36. The summed E-state index contributed by atoms with van der Waals surface area (Å²) in [5.74, 6) is 0. The van der Waals surface area contributed by atoms with Crippen molar-refractivity contribution in [1.82, 2.24) is 0 Å². The molecule has 0 saturated carbocycles. The summed E-state index contributed by atoms with van der Waals surface area (Å²) in [5.41, 5.74) is 4.58. The molecule has 0 fully saturated rings. The molecule has 0 heterocycles. The fraction of sp³-hybridized carbons (Fsp3) is 0.261. The van der Waals surface area contributed by atoms with Crippen LogP contribution in [0.15, 0.2) is 66.8 Å². The highest BCUT2D eigenvalue weighted by molar-refractivity contribution is 7.83. The highest BCUT2D eigenvalue weighted by Gasteiger charge is 2.39. The minimum Gasteiger partial charge on any atom is -0.289 e. The molecule has 1 aliphatic rings. The highest BCUT2D eigenvalue weighted by atomic mass is 31.1. The van der Waals surface area contributed by atoms with Gasteiger partial charge in [-0.05, 0) is 43.6 Å². The Bertz CT molecular complexity index is 825. The van der Waals surface area contributed by atoms with Crippen molar-refractivity contribution >= 4 is 18.8 Å². The Hall–Kier alpha value is -1.98. The van der Waals surface area contributed by atoms with E-state index in [4.69, 9.17) is 0 Å². The van der Waals surface area contributed by atoms with Crippen molar-refractivity contribution < 1.29 is 4.79 Å². The van der Waals surface area contributed by atoms with Crippen LogP contribution in [0.1, 0.15) is 40.4 Å². The van der Waals surface area contributed by atoms with Gasteiger partial charge in [-0.1, -0.05) is 79.3 Å². The van der Waals surface area contributed by atoms with E-state index in [1.807, 2.05) is 18.2 Å². The van der Waals surface area contributed by atoms with Crippen LogP contribution in [-0.4, -0.2) is 10.7 Å². The zero-order chi connectivity index (χ0) is 18.0. The van der Waals surface area contributed by atoms with Crippen LogP contribution in [0, 0.1) is 20.8 Å². The molecule has 0 amide bonds. The molecule has 1 aliphatic carbocycles. The first-order chi connectivity index (χ1) is 11.9. The molecule has 2 unspecified atom stereocenters. The first kappa shape index (κ1) is 17.8. The SMILES string of the molecule is Cc1cc(C)c(C(=O)P(c2ccccc2)C2(C)C=CC=CC2)c(C)c1. The normalized spacial score (nSPS) is 20.5. The molecule has 0 bridgehead atoms. The predicted octanol–water partition coefficient (Wildman–Crippen LogP) is 5.83. The van der Waals surface area contributed by atoms with Crippen molar-refractivity contribution in [3.05, 3.63) is 89.0 Å². The number of allylic oxidation sites excluding steroid dienone is 4. The molecular formula is C23H25OP. The third kappa shape index (κ3) is 3.53. The second kappa shape index (κ2) is 7.10. The topological polar surface area (TPSA) is 17.1 Å². The Kier molecular flexibility index (Phi) is 5.06. The van der Waals surface area contributed by atoms with Gasteiger partial charge in [0.15, 0.2) is 5.52 Å². The maximum absolute atomic E-state index is 13.8. The van der Waals surface area contributed by atoms with E-state index in [0.717, 1.165) is 28.4 Å². The average molecular weight is 348 g/mol. The Balaban J connectivity index is 2.14. The van der Waals surface area contributed by atoms with Crippen molar-refractivity contribution in [3.8, 4) is 0 Å². The van der Waals surface area contributed by atoms with Gasteiger partial charge in [0.2, 0.25) is 0 Å². The van der Waals surface area contributed by atoms with Crippen LogP contribution in [0.2, 0.25) is 0 Å². The summed E-state index contributed by atoms with van der Waals surface area (Å²) in [4.78, 5) is 13.8. The third-order valence-electron chi connectivity index (χ3n) is 4.85. The molecule has 0 spiro atoms. The lowest BCUT2D eigenvalue weighted by atomic mass is 10.0. The van der Waals surface area contributed by atoms with Crippen LogP contribution in [0.5, 0.6) is 0 Å². The number of hydrogen-bond donors (Lipinski definition) is 0. The van der Waals surface area contributed by atoms with E-state index in [-0.39, 0.29) is 5.16 Å². The van der Waals surface area contributed by atoms with Crippen LogP contribution in [0.25, 0.3) is 0 Å². The van der Waals surface area contributed by atoms with Gasteiger partial charge in [0.1, 0.15) is 0 Å². The smallest absolute Gasteiger partial charge is 0.190 e. The number of rotatable bonds is 4. The lowest BCUT2D eigenvalue weighted by Crippen LogP contribution is -2.29. The quantitative estimate of drug-likeness (QED) is 0.635. The molecule has 0 N–H and O–H groups in total. The van der Waals surface area contributed by atoms with Crippen LogP contribution >= 0.6 is 7.92 Å². The van der Waals surface area contributed by atoms with E-state index in [1.54, 1.807) is 0 Å². The van der Waals surface area contributed by atoms with Gasteiger partial charge in [-0.3, -0.25) is 4.79 Å². The van der Waals surface area contributed by atoms with E-state index in [0.29, 0.717) is 5.52 Å². The minimum atomic E-state index is -1.01. The van der Waals surface area contributed by atoms with E-state index in [2.05, 4.69) is 76.3 Å². The summed E-state index contributed by atoms with van der Waals surface area (Å²) in [5, 5.41) is 1.01. The molecule has 2 aromatic carbocycles. The van der Waals surface area contributed by atoms with Crippen LogP contribution in [0.4, 0.5) is 0 Å². The molecule has 2 atom stereocenters. The van der Waals surface area contributed by atoms with Crippen LogP contribution in [-0.2, 0) is 0 Å². The van der Waals surface area contributed by atoms with Crippen LogP contribution < -0.4 is 5.30 Å². The number of carbonyl (C=O) groups is 1. The molecule has 25 heavy (non-hydrogen) atoms.